The number of hydrogen-bond donors (Lipinski definition) is 1. The van der Waals surface area contributed by atoms with Crippen LogP contribution in [0.15, 0.2) is 60.0 Å². The Bertz CT molecular complexity index is 1060. The second-order valence-corrected chi connectivity index (χ2v) is 5.35. The van der Waals surface area contributed by atoms with Gasteiger partial charge in [-0.05, 0) is 18.6 Å². The van der Waals surface area contributed by atoms with Crippen LogP contribution in [0.4, 0.5) is 6.01 Å². The number of amides is 1. The molecule has 0 aliphatic heterocycles. The average molecular weight is 347 g/mol. The maximum Gasteiger partial charge on any atom is 0.302 e. The fraction of sp³-hybridized carbons (Fsp3) is 0.0588. The quantitative estimate of drug-likeness (QED) is 0.602. The summed E-state index contributed by atoms with van der Waals surface area (Å²) in [5.41, 5.74) is 2.19. The molecule has 4 aromatic heterocycles. The maximum atomic E-state index is 12.5. The van der Waals surface area contributed by atoms with E-state index >= 15 is 0 Å². The molecule has 26 heavy (non-hydrogen) atoms. The maximum absolute atomic E-state index is 12.5. The van der Waals surface area contributed by atoms with E-state index in [-0.39, 0.29) is 11.8 Å². The number of pyridine rings is 1. The predicted molar refractivity (Wildman–Crippen MR) is 91.6 cm³/mol. The molecule has 128 valence electrons. The van der Waals surface area contributed by atoms with Gasteiger partial charge in [-0.15, -0.1) is 0 Å². The third-order valence-electron chi connectivity index (χ3n) is 3.62. The van der Waals surface area contributed by atoms with E-state index in [9.17, 15) is 4.79 Å². The molecular weight excluding hydrogens is 334 g/mol. The van der Waals surface area contributed by atoms with Gasteiger partial charge in [0.25, 0.3) is 5.91 Å². The van der Waals surface area contributed by atoms with E-state index in [1.807, 2.05) is 19.1 Å². The van der Waals surface area contributed by atoms with E-state index in [0.29, 0.717) is 17.2 Å². The number of oxazole rings is 1. The molecule has 0 fully saturated rings. The molecule has 0 unspecified atom stereocenters. The van der Waals surface area contributed by atoms with Crippen molar-refractivity contribution in [3.8, 4) is 17.2 Å². The molecule has 4 rings (SSSR count). The molecule has 0 aromatic carbocycles. The predicted octanol–water partition coefficient (Wildman–Crippen LogP) is 2.27. The Balaban J connectivity index is 1.57. The van der Waals surface area contributed by atoms with Crippen LogP contribution in [0.3, 0.4) is 0 Å². The lowest BCUT2D eigenvalue weighted by Gasteiger charge is -2.05. The number of carbonyl (C=O) groups is 1. The minimum Gasteiger partial charge on any atom is -0.431 e. The van der Waals surface area contributed by atoms with Crippen LogP contribution in [0.25, 0.3) is 17.2 Å². The summed E-state index contributed by atoms with van der Waals surface area (Å²) in [6, 6.07) is 3.82. The minimum atomic E-state index is -0.480. The topological polar surface area (TPSA) is 112 Å². The van der Waals surface area contributed by atoms with Gasteiger partial charge in [-0.2, -0.15) is 4.98 Å². The van der Waals surface area contributed by atoms with E-state index in [2.05, 4.69) is 30.2 Å². The number of aromatic nitrogens is 6. The molecule has 0 saturated heterocycles. The van der Waals surface area contributed by atoms with Crippen LogP contribution >= 0.6 is 0 Å². The molecule has 1 N–H and O–H groups in total. The van der Waals surface area contributed by atoms with Gasteiger partial charge in [-0.1, -0.05) is 6.07 Å². The molecule has 0 radical (unpaired) electrons. The van der Waals surface area contributed by atoms with E-state index in [4.69, 9.17) is 4.42 Å². The lowest BCUT2D eigenvalue weighted by Crippen LogP contribution is -2.18. The standard InChI is InChI=1S/C17H13N7O2/c1-11-3-2-4-20-14(11)12-10-26-17(22-12)23-16(25)15-21-7-8-24(15)13-9-18-5-6-19-13/h2-10H,1H3,(H,22,23,25). The highest BCUT2D eigenvalue weighted by Crippen LogP contribution is 2.21. The first-order valence-electron chi connectivity index (χ1n) is 7.71. The van der Waals surface area contributed by atoms with Gasteiger partial charge in [0.1, 0.15) is 12.0 Å². The Hall–Kier alpha value is -3.88. The Morgan fingerprint density at radius 3 is 2.88 bits per heavy atom. The lowest BCUT2D eigenvalue weighted by atomic mass is 10.2. The number of imidazole rings is 1. The average Bonchev–Trinajstić information content (AvgIpc) is 3.32. The van der Waals surface area contributed by atoms with Gasteiger partial charge in [0.2, 0.25) is 5.82 Å². The molecule has 0 atom stereocenters. The largest absolute Gasteiger partial charge is 0.431 e. The molecule has 4 heterocycles. The first kappa shape index (κ1) is 15.6. The van der Waals surface area contributed by atoms with Gasteiger partial charge < -0.3 is 4.42 Å². The van der Waals surface area contributed by atoms with E-state index < -0.39 is 5.91 Å². The number of aryl methyl sites for hydroxylation is 1. The molecule has 9 heteroatoms. The zero-order valence-electron chi connectivity index (χ0n) is 13.7. The van der Waals surface area contributed by atoms with Gasteiger partial charge in [-0.3, -0.25) is 24.6 Å². The van der Waals surface area contributed by atoms with Crippen LogP contribution in [0.5, 0.6) is 0 Å². The Labute approximate surface area is 147 Å². The Morgan fingerprint density at radius 1 is 1.15 bits per heavy atom. The van der Waals surface area contributed by atoms with Crippen LogP contribution < -0.4 is 5.32 Å². The molecule has 0 spiro atoms. The van der Waals surface area contributed by atoms with Crippen molar-refractivity contribution in [3.05, 3.63) is 67.0 Å². The van der Waals surface area contributed by atoms with Crippen molar-refractivity contribution in [2.75, 3.05) is 5.32 Å². The van der Waals surface area contributed by atoms with E-state index in [1.165, 1.54) is 29.4 Å². The molecular formula is C17H13N7O2. The van der Waals surface area contributed by atoms with E-state index in [0.717, 1.165) is 5.56 Å². The normalized spacial score (nSPS) is 10.7. The monoisotopic (exact) mass is 347 g/mol. The van der Waals surface area contributed by atoms with Crippen molar-refractivity contribution in [3.63, 3.8) is 0 Å². The zero-order valence-corrected chi connectivity index (χ0v) is 13.7. The number of carbonyl (C=O) groups excluding carboxylic acids is 1. The van der Waals surface area contributed by atoms with Gasteiger partial charge >= 0.3 is 6.01 Å². The first-order chi connectivity index (χ1) is 12.7. The summed E-state index contributed by atoms with van der Waals surface area (Å²) < 4.78 is 6.86. The molecule has 0 aliphatic rings. The first-order valence-corrected chi connectivity index (χ1v) is 7.71. The van der Waals surface area contributed by atoms with Gasteiger partial charge in [-0.25, -0.2) is 9.97 Å². The smallest absolute Gasteiger partial charge is 0.302 e. The Kier molecular flexibility index (Phi) is 3.94. The molecule has 9 nitrogen and oxygen atoms in total. The molecule has 1 amide bonds. The van der Waals surface area contributed by atoms with Crippen molar-refractivity contribution >= 4 is 11.9 Å². The van der Waals surface area contributed by atoms with Crippen molar-refractivity contribution < 1.29 is 9.21 Å². The number of anilines is 1. The number of nitrogens with zero attached hydrogens (tertiary/aromatic N) is 6. The van der Waals surface area contributed by atoms with Crippen LogP contribution in [0.1, 0.15) is 16.2 Å². The van der Waals surface area contributed by atoms with Gasteiger partial charge in [0, 0.05) is 31.0 Å². The third kappa shape index (κ3) is 2.93. The molecule has 0 saturated carbocycles. The number of hydrogen-bond acceptors (Lipinski definition) is 7. The fourth-order valence-electron chi connectivity index (χ4n) is 2.42. The van der Waals surface area contributed by atoms with Crippen molar-refractivity contribution in [1.82, 2.24) is 29.5 Å². The summed E-state index contributed by atoms with van der Waals surface area (Å²) in [7, 11) is 0. The third-order valence-corrected chi connectivity index (χ3v) is 3.62. The van der Waals surface area contributed by atoms with Gasteiger partial charge in [0.15, 0.2) is 5.82 Å². The highest BCUT2D eigenvalue weighted by Gasteiger charge is 2.18. The number of nitrogens with one attached hydrogen (secondary N) is 1. The minimum absolute atomic E-state index is 0.0590. The zero-order chi connectivity index (χ0) is 17.9. The van der Waals surface area contributed by atoms with E-state index in [1.54, 1.807) is 18.6 Å². The highest BCUT2D eigenvalue weighted by atomic mass is 16.4. The van der Waals surface area contributed by atoms with Crippen LogP contribution in [-0.2, 0) is 0 Å². The van der Waals surface area contributed by atoms with Gasteiger partial charge in [0.05, 0.1) is 11.9 Å². The van der Waals surface area contributed by atoms with Crippen LogP contribution in [0, 0.1) is 6.92 Å². The number of rotatable bonds is 4. The summed E-state index contributed by atoms with van der Waals surface area (Å²) >= 11 is 0. The summed E-state index contributed by atoms with van der Waals surface area (Å²) in [5.74, 6) is 0.137. The summed E-state index contributed by atoms with van der Waals surface area (Å²) in [6.07, 6.45) is 10.9. The van der Waals surface area contributed by atoms with Crippen molar-refractivity contribution in [2.24, 2.45) is 0 Å². The fourth-order valence-corrected chi connectivity index (χ4v) is 2.42. The van der Waals surface area contributed by atoms with Crippen molar-refractivity contribution in [2.45, 2.75) is 6.92 Å². The molecule has 4 aromatic rings. The molecule has 0 bridgehead atoms. The van der Waals surface area contributed by atoms with Crippen LogP contribution in [0.2, 0.25) is 0 Å². The van der Waals surface area contributed by atoms with Crippen LogP contribution in [-0.4, -0.2) is 35.4 Å². The second kappa shape index (κ2) is 6.55. The summed E-state index contributed by atoms with van der Waals surface area (Å²) in [6.45, 7) is 1.92. The van der Waals surface area contributed by atoms with Crippen molar-refractivity contribution in [1.29, 1.82) is 0 Å². The molecule has 0 aliphatic carbocycles. The lowest BCUT2D eigenvalue weighted by molar-refractivity contribution is 0.101. The summed E-state index contributed by atoms with van der Waals surface area (Å²) in [5, 5.41) is 2.59. The SMILES string of the molecule is Cc1cccnc1-c1coc(NC(=O)c2nccn2-c2cnccn2)n1. The summed E-state index contributed by atoms with van der Waals surface area (Å²) in [4.78, 5) is 33.3. The highest BCUT2D eigenvalue weighted by molar-refractivity contribution is 6.01. The Morgan fingerprint density at radius 2 is 2.08 bits per heavy atom. The second-order valence-electron chi connectivity index (χ2n) is 5.35.